The minimum Gasteiger partial charge on any atom is -0.383 e. The molecule has 3 nitrogen and oxygen atoms in total. The smallest absolute Gasteiger partial charge is 0.253 e. The minimum atomic E-state index is -1.18. The van der Waals surface area contributed by atoms with Crippen molar-refractivity contribution in [1.29, 1.82) is 0 Å². The Kier molecular flexibility index (Phi) is 4.42. The van der Waals surface area contributed by atoms with Crippen molar-refractivity contribution < 1.29 is 14.3 Å². The number of carbonyl (C=O) groups is 1. The Morgan fingerprint density at radius 1 is 1.45 bits per heavy atom. The van der Waals surface area contributed by atoms with Crippen molar-refractivity contribution in [2.45, 2.75) is 12.5 Å². The summed E-state index contributed by atoms with van der Waals surface area (Å²) >= 11 is 7.14. The van der Waals surface area contributed by atoms with E-state index in [2.05, 4.69) is 5.32 Å². The molecule has 0 fully saturated rings. The molecule has 1 unspecified atom stereocenters. The summed E-state index contributed by atoms with van der Waals surface area (Å²) in [5.74, 6) is -1.17. The first kappa shape index (κ1) is 15.0. The number of carbonyl (C=O) groups excluding carboxylic acids is 1. The Balaban J connectivity index is 2.08. The fraction of sp³-hybridized carbons (Fsp3) is 0.214. The number of halogens is 2. The number of thiophene rings is 1. The van der Waals surface area contributed by atoms with Gasteiger partial charge < -0.3 is 10.4 Å². The van der Waals surface area contributed by atoms with Crippen LogP contribution in [0.2, 0.25) is 5.02 Å². The lowest BCUT2D eigenvalue weighted by Gasteiger charge is -2.22. The van der Waals surface area contributed by atoms with Gasteiger partial charge in [0.05, 0.1) is 17.1 Å². The van der Waals surface area contributed by atoms with E-state index in [0.717, 1.165) is 4.88 Å². The summed E-state index contributed by atoms with van der Waals surface area (Å²) in [4.78, 5) is 12.7. The highest BCUT2D eigenvalue weighted by Gasteiger charge is 2.25. The zero-order valence-electron chi connectivity index (χ0n) is 10.7. The lowest BCUT2D eigenvalue weighted by molar-refractivity contribution is 0.0556. The Morgan fingerprint density at radius 3 is 2.85 bits per heavy atom. The lowest BCUT2D eigenvalue weighted by Crippen LogP contribution is -2.38. The van der Waals surface area contributed by atoms with Crippen molar-refractivity contribution in [3.05, 3.63) is 57.0 Å². The van der Waals surface area contributed by atoms with Gasteiger partial charge in [0.15, 0.2) is 0 Å². The van der Waals surface area contributed by atoms with Gasteiger partial charge in [-0.25, -0.2) is 4.39 Å². The number of aliphatic hydroxyl groups is 1. The Bertz CT molecular complexity index is 614. The fourth-order valence-corrected chi connectivity index (χ4v) is 2.70. The molecule has 0 aliphatic rings. The van der Waals surface area contributed by atoms with Crippen LogP contribution in [0.1, 0.15) is 22.2 Å². The normalized spacial score (nSPS) is 13.8. The van der Waals surface area contributed by atoms with Crippen LogP contribution in [0.15, 0.2) is 35.7 Å². The van der Waals surface area contributed by atoms with Gasteiger partial charge in [-0.05, 0) is 30.5 Å². The molecule has 0 saturated carbocycles. The first-order chi connectivity index (χ1) is 9.42. The largest absolute Gasteiger partial charge is 0.383 e. The molecule has 1 aromatic heterocycles. The van der Waals surface area contributed by atoms with Crippen molar-refractivity contribution in [1.82, 2.24) is 5.32 Å². The maximum Gasteiger partial charge on any atom is 0.253 e. The van der Waals surface area contributed by atoms with Crippen molar-refractivity contribution in [2.24, 2.45) is 0 Å². The van der Waals surface area contributed by atoms with E-state index < -0.39 is 17.3 Å². The number of hydrogen-bond donors (Lipinski definition) is 2. The van der Waals surface area contributed by atoms with E-state index in [-0.39, 0.29) is 17.1 Å². The third kappa shape index (κ3) is 3.17. The van der Waals surface area contributed by atoms with Crippen molar-refractivity contribution >= 4 is 28.8 Å². The molecule has 0 saturated heterocycles. The second kappa shape index (κ2) is 5.91. The highest BCUT2D eigenvalue weighted by atomic mass is 35.5. The van der Waals surface area contributed by atoms with Crippen molar-refractivity contribution in [2.75, 3.05) is 6.54 Å². The Morgan fingerprint density at radius 2 is 2.20 bits per heavy atom. The predicted octanol–water partition coefficient (Wildman–Crippen LogP) is 3.18. The molecule has 6 heteroatoms. The topological polar surface area (TPSA) is 49.3 Å². The highest BCUT2D eigenvalue weighted by molar-refractivity contribution is 7.10. The van der Waals surface area contributed by atoms with Gasteiger partial charge >= 0.3 is 0 Å². The van der Waals surface area contributed by atoms with Gasteiger partial charge in [0, 0.05) is 4.88 Å². The molecule has 0 aliphatic carbocycles. The van der Waals surface area contributed by atoms with Gasteiger partial charge in [-0.2, -0.15) is 0 Å². The molecule has 106 valence electrons. The Hall–Kier alpha value is -1.43. The molecule has 1 heterocycles. The molecule has 0 radical (unpaired) electrons. The first-order valence-corrected chi connectivity index (χ1v) is 7.16. The van der Waals surface area contributed by atoms with Gasteiger partial charge in [-0.15, -0.1) is 11.3 Å². The van der Waals surface area contributed by atoms with Crippen LogP contribution in [-0.4, -0.2) is 17.6 Å². The molecule has 2 aromatic rings. The van der Waals surface area contributed by atoms with Crippen molar-refractivity contribution in [3.63, 3.8) is 0 Å². The third-order valence-electron chi connectivity index (χ3n) is 2.84. The molecule has 20 heavy (non-hydrogen) atoms. The maximum absolute atomic E-state index is 13.3. The third-order valence-corrected chi connectivity index (χ3v) is 4.35. The first-order valence-electron chi connectivity index (χ1n) is 5.90. The number of amides is 1. The number of hydrogen-bond acceptors (Lipinski definition) is 3. The molecule has 2 rings (SSSR count). The second-order valence-electron chi connectivity index (χ2n) is 4.54. The maximum atomic E-state index is 13.3. The van der Waals surface area contributed by atoms with Crippen LogP contribution in [0.5, 0.6) is 0 Å². The van der Waals surface area contributed by atoms with Crippen molar-refractivity contribution in [3.8, 4) is 0 Å². The molecular weight excluding hydrogens is 301 g/mol. The van der Waals surface area contributed by atoms with E-state index in [0.29, 0.717) is 0 Å². The summed E-state index contributed by atoms with van der Waals surface area (Å²) < 4.78 is 13.3. The average Bonchev–Trinajstić information content (AvgIpc) is 2.94. The Labute approximate surface area is 125 Å². The molecule has 1 atom stereocenters. The summed E-state index contributed by atoms with van der Waals surface area (Å²) in [6.07, 6.45) is 0. The number of benzene rings is 1. The van der Waals surface area contributed by atoms with Gasteiger partial charge in [0.25, 0.3) is 5.91 Å². The van der Waals surface area contributed by atoms with E-state index in [1.807, 2.05) is 11.4 Å². The molecule has 1 aromatic carbocycles. The quantitative estimate of drug-likeness (QED) is 0.911. The predicted molar refractivity (Wildman–Crippen MR) is 77.6 cm³/mol. The SMILES string of the molecule is CC(O)(CNC(=O)c1cccc(F)c1Cl)c1cccs1. The molecule has 0 spiro atoms. The van der Waals surface area contributed by atoms with Gasteiger partial charge in [-0.1, -0.05) is 23.7 Å². The number of nitrogens with one attached hydrogen (secondary N) is 1. The van der Waals surface area contributed by atoms with Crippen LogP contribution in [0.25, 0.3) is 0 Å². The molecule has 2 N–H and O–H groups in total. The van der Waals surface area contributed by atoms with Crippen LogP contribution in [-0.2, 0) is 5.60 Å². The highest BCUT2D eigenvalue weighted by Crippen LogP contribution is 2.25. The van der Waals surface area contributed by atoms with E-state index in [4.69, 9.17) is 11.6 Å². The standard InChI is InChI=1S/C14H13ClFNO2S/c1-14(19,11-6-3-7-20-11)8-17-13(18)9-4-2-5-10(16)12(9)15/h2-7,19H,8H2,1H3,(H,17,18). The van der Waals surface area contributed by atoms with E-state index >= 15 is 0 Å². The van der Waals surface area contributed by atoms with E-state index in [9.17, 15) is 14.3 Å². The summed E-state index contributed by atoms with van der Waals surface area (Å²) in [6.45, 7) is 1.62. The summed E-state index contributed by atoms with van der Waals surface area (Å²) in [5.41, 5.74) is -1.13. The molecule has 1 amide bonds. The molecular formula is C14H13ClFNO2S. The summed E-state index contributed by atoms with van der Waals surface area (Å²) in [6, 6.07) is 7.63. The molecule has 0 bridgehead atoms. The van der Waals surface area contributed by atoms with Crippen LogP contribution in [0, 0.1) is 5.82 Å². The zero-order chi connectivity index (χ0) is 14.8. The lowest BCUT2D eigenvalue weighted by atomic mass is 10.0. The van der Waals surface area contributed by atoms with Gasteiger partial charge in [-0.3, -0.25) is 4.79 Å². The summed E-state index contributed by atoms with van der Waals surface area (Å²) in [5, 5.41) is 14.5. The second-order valence-corrected chi connectivity index (χ2v) is 5.86. The number of rotatable bonds is 4. The van der Waals surface area contributed by atoms with Gasteiger partial charge in [0.1, 0.15) is 11.4 Å². The van der Waals surface area contributed by atoms with E-state index in [1.54, 1.807) is 13.0 Å². The van der Waals surface area contributed by atoms with Crippen LogP contribution < -0.4 is 5.32 Å². The monoisotopic (exact) mass is 313 g/mol. The fourth-order valence-electron chi connectivity index (χ4n) is 1.70. The van der Waals surface area contributed by atoms with Crippen LogP contribution >= 0.6 is 22.9 Å². The van der Waals surface area contributed by atoms with Gasteiger partial charge in [0.2, 0.25) is 0 Å². The zero-order valence-corrected chi connectivity index (χ0v) is 12.3. The average molecular weight is 314 g/mol. The van der Waals surface area contributed by atoms with Crippen LogP contribution in [0.3, 0.4) is 0 Å². The molecule has 0 aliphatic heterocycles. The minimum absolute atomic E-state index is 0.0131. The summed E-state index contributed by atoms with van der Waals surface area (Å²) in [7, 11) is 0. The van der Waals surface area contributed by atoms with Crippen LogP contribution in [0.4, 0.5) is 4.39 Å². The van der Waals surface area contributed by atoms with E-state index in [1.165, 1.54) is 29.5 Å².